The number of sulfonamides is 1. The highest BCUT2D eigenvalue weighted by molar-refractivity contribution is 7.89. The van der Waals surface area contributed by atoms with Gasteiger partial charge in [-0.05, 0) is 72.7 Å². The van der Waals surface area contributed by atoms with Gasteiger partial charge in [-0.15, -0.1) is 11.3 Å². The maximum absolute atomic E-state index is 13.5. The molecule has 3 heterocycles. The van der Waals surface area contributed by atoms with Gasteiger partial charge in [0, 0.05) is 37.1 Å². The van der Waals surface area contributed by atoms with Crippen LogP contribution in [0.3, 0.4) is 0 Å². The molecule has 0 unspecified atom stereocenters. The van der Waals surface area contributed by atoms with Gasteiger partial charge in [0.2, 0.25) is 15.9 Å². The van der Waals surface area contributed by atoms with Crippen molar-refractivity contribution in [3.8, 4) is 5.75 Å². The first-order valence-corrected chi connectivity index (χ1v) is 14.9. The van der Waals surface area contributed by atoms with Gasteiger partial charge in [-0.2, -0.15) is 4.31 Å². The van der Waals surface area contributed by atoms with Crippen LogP contribution in [0.2, 0.25) is 0 Å². The summed E-state index contributed by atoms with van der Waals surface area (Å²) in [5, 5.41) is 2.14. The molecular formula is C28H33N3O4S2. The Morgan fingerprint density at radius 3 is 2.49 bits per heavy atom. The lowest BCUT2D eigenvalue weighted by atomic mass is 9.90. The molecule has 1 fully saturated rings. The van der Waals surface area contributed by atoms with Crippen LogP contribution < -0.4 is 4.74 Å². The number of carbonyl (C=O) groups excluding carboxylic acids is 1. The number of amides is 1. The van der Waals surface area contributed by atoms with E-state index in [1.165, 1.54) is 25.9 Å². The number of hydrogen-bond donors (Lipinski definition) is 0. The van der Waals surface area contributed by atoms with Crippen molar-refractivity contribution >= 4 is 27.3 Å². The third-order valence-corrected chi connectivity index (χ3v) is 10.5. The van der Waals surface area contributed by atoms with Gasteiger partial charge in [0.15, 0.2) is 0 Å². The normalized spacial score (nSPS) is 21.0. The number of piperazine rings is 1. The van der Waals surface area contributed by atoms with Gasteiger partial charge < -0.3 is 9.64 Å². The van der Waals surface area contributed by atoms with E-state index in [0.717, 1.165) is 13.0 Å². The third-order valence-electron chi connectivity index (χ3n) is 7.47. The summed E-state index contributed by atoms with van der Waals surface area (Å²) in [6.45, 7) is 6.16. The molecule has 2 aliphatic rings. The summed E-state index contributed by atoms with van der Waals surface area (Å²) >= 11 is 1.79. The summed E-state index contributed by atoms with van der Waals surface area (Å²) in [7, 11) is -2.11. The lowest BCUT2D eigenvalue weighted by Crippen LogP contribution is -2.57. The highest BCUT2D eigenvalue weighted by Gasteiger charge is 2.37. The van der Waals surface area contributed by atoms with Gasteiger partial charge >= 0.3 is 0 Å². The summed E-state index contributed by atoms with van der Waals surface area (Å²) in [6, 6.07) is 16.8. The Morgan fingerprint density at radius 1 is 1.03 bits per heavy atom. The molecule has 5 rings (SSSR count). The Bertz CT molecular complexity index is 1370. The quantitative estimate of drug-likeness (QED) is 0.475. The second-order valence-electron chi connectivity index (χ2n) is 9.76. The van der Waals surface area contributed by atoms with E-state index in [2.05, 4.69) is 41.5 Å². The molecule has 37 heavy (non-hydrogen) atoms. The van der Waals surface area contributed by atoms with E-state index in [1.807, 2.05) is 17.9 Å². The van der Waals surface area contributed by atoms with Crippen LogP contribution in [0, 0.1) is 6.92 Å². The zero-order valence-electron chi connectivity index (χ0n) is 21.5. The molecule has 196 valence electrons. The molecule has 0 spiro atoms. The van der Waals surface area contributed by atoms with E-state index >= 15 is 0 Å². The van der Waals surface area contributed by atoms with Gasteiger partial charge in [0.25, 0.3) is 0 Å². The molecule has 3 aromatic rings. The molecule has 0 radical (unpaired) electrons. The van der Waals surface area contributed by atoms with Crippen molar-refractivity contribution in [2.75, 3.05) is 39.8 Å². The summed E-state index contributed by atoms with van der Waals surface area (Å²) in [5.74, 6) is 0.657. The molecule has 1 aromatic heterocycles. The first kappa shape index (κ1) is 25.9. The van der Waals surface area contributed by atoms with Gasteiger partial charge in [0.1, 0.15) is 5.75 Å². The van der Waals surface area contributed by atoms with E-state index in [-0.39, 0.29) is 29.4 Å². The monoisotopic (exact) mass is 539 g/mol. The average Bonchev–Trinajstić information content (AvgIpc) is 3.38. The van der Waals surface area contributed by atoms with Crippen molar-refractivity contribution < 1.29 is 17.9 Å². The Kier molecular flexibility index (Phi) is 7.40. The van der Waals surface area contributed by atoms with Crippen LogP contribution in [0.15, 0.2) is 64.9 Å². The standard InChI is InChI=1S/C28H33N3O4S2/c1-20-6-4-5-7-24(20)28-25-13-17-36-26(25)12-14-30(28)19-27(32)29-15-16-31(21(2)18-29)37(33,34)23-10-8-22(35-3)9-11-23/h4-11,13,17,21,28H,12,14-16,18-19H2,1-3H3/t21-,28-/m1/s1. The second kappa shape index (κ2) is 10.6. The molecule has 2 aromatic carbocycles. The lowest BCUT2D eigenvalue weighted by Gasteiger charge is -2.41. The van der Waals surface area contributed by atoms with Crippen LogP contribution in [0.1, 0.15) is 34.5 Å². The molecule has 0 N–H and O–H groups in total. The SMILES string of the molecule is COc1ccc(S(=O)(=O)N2CCN(C(=O)CN3CCc4sccc4[C@H]3c3ccccc3C)C[C@H]2C)cc1. The highest BCUT2D eigenvalue weighted by Crippen LogP contribution is 2.38. The van der Waals surface area contributed by atoms with Crippen molar-refractivity contribution in [3.63, 3.8) is 0 Å². The van der Waals surface area contributed by atoms with Crippen LogP contribution in [0.4, 0.5) is 0 Å². The Hall–Kier alpha value is -2.72. The Labute approximate surface area is 223 Å². The molecule has 0 aliphatic carbocycles. The molecule has 2 atom stereocenters. The number of benzene rings is 2. The molecular weight excluding hydrogens is 506 g/mol. The van der Waals surface area contributed by atoms with Gasteiger partial charge in [-0.3, -0.25) is 9.69 Å². The Morgan fingerprint density at radius 2 is 1.78 bits per heavy atom. The third kappa shape index (κ3) is 5.05. The fourth-order valence-corrected chi connectivity index (χ4v) is 7.99. The smallest absolute Gasteiger partial charge is 0.243 e. The fourth-order valence-electron chi connectivity index (χ4n) is 5.48. The number of nitrogens with zero attached hydrogens (tertiary/aromatic N) is 3. The molecule has 7 nitrogen and oxygen atoms in total. The molecule has 0 saturated carbocycles. The van der Waals surface area contributed by atoms with Gasteiger partial charge in [-0.25, -0.2) is 8.42 Å². The predicted molar refractivity (Wildman–Crippen MR) is 146 cm³/mol. The molecule has 1 amide bonds. The van der Waals surface area contributed by atoms with Crippen molar-refractivity contribution in [2.45, 2.75) is 37.2 Å². The van der Waals surface area contributed by atoms with Crippen molar-refractivity contribution in [2.24, 2.45) is 0 Å². The number of carbonyl (C=O) groups is 1. The minimum atomic E-state index is -3.66. The molecule has 2 aliphatic heterocycles. The number of ether oxygens (including phenoxy) is 1. The van der Waals surface area contributed by atoms with E-state index in [9.17, 15) is 13.2 Å². The number of thiophene rings is 1. The van der Waals surface area contributed by atoms with E-state index in [4.69, 9.17) is 4.74 Å². The number of rotatable bonds is 6. The Balaban J connectivity index is 1.30. The summed E-state index contributed by atoms with van der Waals surface area (Å²) in [6.07, 6.45) is 0.937. The van der Waals surface area contributed by atoms with E-state index in [1.54, 1.807) is 42.7 Å². The number of hydrogen-bond acceptors (Lipinski definition) is 6. The summed E-state index contributed by atoms with van der Waals surface area (Å²) in [5.41, 5.74) is 3.75. The minimum Gasteiger partial charge on any atom is -0.497 e. The van der Waals surface area contributed by atoms with Crippen LogP contribution in [0.25, 0.3) is 0 Å². The minimum absolute atomic E-state index is 0.0469. The zero-order valence-corrected chi connectivity index (χ0v) is 23.1. The first-order chi connectivity index (χ1) is 17.8. The van der Waals surface area contributed by atoms with Crippen LogP contribution in [-0.4, -0.2) is 74.3 Å². The highest BCUT2D eigenvalue weighted by atomic mass is 32.2. The first-order valence-electron chi connectivity index (χ1n) is 12.6. The molecule has 0 bridgehead atoms. The summed E-state index contributed by atoms with van der Waals surface area (Å²) in [4.78, 5) is 19.3. The fraction of sp³-hybridized carbons (Fsp3) is 0.393. The van der Waals surface area contributed by atoms with Crippen LogP contribution >= 0.6 is 11.3 Å². The van der Waals surface area contributed by atoms with E-state index < -0.39 is 10.0 Å². The maximum Gasteiger partial charge on any atom is 0.243 e. The number of aryl methyl sites for hydroxylation is 1. The molecule has 1 saturated heterocycles. The van der Waals surface area contributed by atoms with E-state index in [0.29, 0.717) is 25.4 Å². The van der Waals surface area contributed by atoms with Crippen molar-refractivity contribution in [1.29, 1.82) is 0 Å². The van der Waals surface area contributed by atoms with Crippen LogP contribution in [0.5, 0.6) is 5.75 Å². The maximum atomic E-state index is 13.5. The lowest BCUT2D eigenvalue weighted by molar-refractivity contribution is -0.135. The number of fused-ring (bicyclic) bond motifs is 1. The number of methoxy groups -OCH3 is 1. The van der Waals surface area contributed by atoms with Gasteiger partial charge in [0.05, 0.1) is 24.6 Å². The largest absolute Gasteiger partial charge is 0.497 e. The van der Waals surface area contributed by atoms with Crippen molar-refractivity contribution in [1.82, 2.24) is 14.1 Å². The van der Waals surface area contributed by atoms with Crippen molar-refractivity contribution in [3.05, 3.63) is 81.5 Å². The zero-order chi connectivity index (χ0) is 26.2. The summed E-state index contributed by atoms with van der Waals surface area (Å²) < 4.78 is 33.2. The van der Waals surface area contributed by atoms with Crippen LogP contribution in [-0.2, 0) is 21.2 Å². The second-order valence-corrected chi connectivity index (χ2v) is 12.7. The molecule has 9 heteroatoms. The average molecular weight is 540 g/mol. The topological polar surface area (TPSA) is 70.2 Å². The predicted octanol–water partition coefficient (Wildman–Crippen LogP) is 3.93. The van der Waals surface area contributed by atoms with Gasteiger partial charge in [-0.1, -0.05) is 24.3 Å².